The Morgan fingerprint density at radius 3 is 2.18 bits per heavy atom. The predicted octanol–water partition coefficient (Wildman–Crippen LogP) is 3.10. The van der Waals surface area contributed by atoms with E-state index < -0.39 is 0 Å². The van der Waals surface area contributed by atoms with Gasteiger partial charge in [-0.05, 0) is 35.0 Å². The lowest BCUT2D eigenvalue weighted by molar-refractivity contribution is 0.318. The highest BCUT2D eigenvalue weighted by Gasteiger charge is 1.88. The van der Waals surface area contributed by atoms with Crippen LogP contribution in [0.4, 0.5) is 0 Å². The van der Waals surface area contributed by atoms with Crippen molar-refractivity contribution in [3.8, 4) is 0 Å². The molecule has 0 aromatic heterocycles. The van der Waals surface area contributed by atoms with Crippen LogP contribution in [0.25, 0.3) is 0 Å². The predicted molar refractivity (Wildman–Crippen MR) is 51.9 cm³/mol. The molecule has 0 bridgehead atoms. The molecule has 0 aliphatic rings. The molecule has 62 valence electrons. The van der Waals surface area contributed by atoms with Crippen molar-refractivity contribution in [3.05, 3.63) is 33.8 Å². The minimum absolute atomic E-state index is 0.250. The van der Waals surface area contributed by atoms with Gasteiger partial charge in [-0.3, -0.25) is 0 Å². The fourth-order valence-electron chi connectivity index (χ4n) is 0.439. The molecule has 1 nitrogen and oxygen atoms in total. The highest BCUT2D eigenvalue weighted by Crippen LogP contribution is 2.20. The van der Waals surface area contributed by atoms with E-state index >= 15 is 0 Å². The maximum atomic E-state index is 7.57. The van der Waals surface area contributed by atoms with Crippen LogP contribution in [0.1, 0.15) is 6.92 Å². The van der Waals surface area contributed by atoms with E-state index in [0.29, 0.717) is 0 Å². The van der Waals surface area contributed by atoms with Crippen LogP contribution < -0.4 is 0 Å². The highest BCUT2D eigenvalue weighted by molar-refractivity contribution is 9.10. The minimum atomic E-state index is 0.250. The van der Waals surface area contributed by atoms with Gasteiger partial charge in [-0.2, -0.15) is 0 Å². The second kappa shape index (κ2) is 6.65. The van der Waals surface area contributed by atoms with Crippen LogP contribution in [0.3, 0.4) is 0 Å². The summed E-state index contributed by atoms with van der Waals surface area (Å²) in [6.07, 6.45) is 0. The van der Waals surface area contributed by atoms with Gasteiger partial charge in [0, 0.05) is 11.1 Å². The summed E-state index contributed by atoms with van der Waals surface area (Å²) in [4.78, 5) is 0. The number of benzene rings is 1. The molecular formula is C8H10BrClO. The Hall–Kier alpha value is -0.0500. The van der Waals surface area contributed by atoms with E-state index in [1.165, 1.54) is 0 Å². The van der Waals surface area contributed by atoms with Crippen LogP contribution in [0, 0.1) is 0 Å². The number of aliphatic hydroxyl groups is 1. The molecule has 0 unspecified atom stereocenters. The van der Waals surface area contributed by atoms with Crippen molar-refractivity contribution in [2.24, 2.45) is 0 Å². The minimum Gasteiger partial charge on any atom is -0.397 e. The smallest absolute Gasteiger partial charge is 0.0548 e. The maximum Gasteiger partial charge on any atom is 0.0548 e. The summed E-state index contributed by atoms with van der Waals surface area (Å²) >= 11 is 8.93. The lowest BCUT2D eigenvalue weighted by Gasteiger charge is -1.88. The third-order valence-electron chi connectivity index (χ3n) is 0.824. The summed E-state index contributed by atoms with van der Waals surface area (Å²) < 4.78 is 0.946. The third kappa shape index (κ3) is 5.24. The van der Waals surface area contributed by atoms with E-state index in [9.17, 15) is 0 Å². The zero-order valence-electron chi connectivity index (χ0n) is 6.22. The Kier molecular flexibility index (Phi) is 6.62. The standard InChI is InChI=1S/C6H4BrCl.C2H6O/c7-5-3-1-2-4-6(5)8;1-2-3/h1-4H;3H,2H2,1H3. The molecule has 0 fully saturated rings. The lowest BCUT2D eigenvalue weighted by atomic mass is 10.4. The molecule has 1 aromatic carbocycles. The zero-order valence-corrected chi connectivity index (χ0v) is 8.56. The molecule has 0 atom stereocenters. The first-order valence-electron chi connectivity index (χ1n) is 3.23. The molecule has 0 aliphatic heterocycles. The number of rotatable bonds is 0. The molecule has 0 saturated heterocycles. The van der Waals surface area contributed by atoms with Crippen molar-refractivity contribution in [1.29, 1.82) is 0 Å². The van der Waals surface area contributed by atoms with Gasteiger partial charge in [-0.1, -0.05) is 23.7 Å². The summed E-state index contributed by atoms with van der Waals surface area (Å²) in [6, 6.07) is 7.57. The first-order chi connectivity index (χ1) is 5.22. The highest BCUT2D eigenvalue weighted by atomic mass is 79.9. The average Bonchev–Trinajstić information content (AvgIpc) is 1.97. The topological polar surface area (TPSA) is 20.2 Å². The largest absolute Gasteiger partial charge is 0.397 e. The molecule has 1 rings (SSSR count). The fourth-order valence-corrected chi connectivity index (χ4v) is 0.860. The molecule has 1 aromatic rings. The van der Waals surface area contributed by atoms with E-state index in [2.05, 4.69) is 15.9 Å². The van der Waals surface area contributed by atoms with Crippen LogP contribution in [-0.4, -0.2) is 11.7 Å². The Balaban J connectivity index is 0.000000292. The monoisotopic (exact) mass is 236 g/mol. The van der Waals surface area contributed by atoms with Gasteiger partial charge in [0.15, 0.2) is 0 Å². The van der Waals surface area contributed by atoms with E-state index in [-0.39, 0.29) is 6.61 Å². The summed E-state index contributed by atoms with van der Waals surface area (Å²) in [6.45, 7) is 1.93. The molecule has 0 aliphatic carbocycles. The quantitative estimate of drug-likeness (QED) is 0.735. The van der Waals surface area contributed by atoms with E-state index in [1.54, 1.807) is 6.92 Å². The Labute approximate surface area is 80.1 Å². The third-order valence-corrected chi connectivity index (χ3v) is 2.07. The Bertz CT molecular complexity index is 182. The van der Waals surface area contributed by atoms with Gasteiger partial charge in [-0.15, -0.1) is 0 Å². The van der Waals surface area contributed by atoms with Crippen molar-refractivity contribution >= 4 is 27.5 Å². The number of halogens is 2. The van der Waals surface area contributed by atoms with Crippen LogP contribution in [0.2, 0.25) is 5.02 Å². The molecule has 11 heavy (non-hydrogen) atoms. The normalized spacial score (nSPS) is 8.36. The molecule has 1 N–H and O–H groups in total. The fraction of sp³-hybridized carbons (Fsp3) is 0.250. The van der Waals surface area contributed by atoms with Crippen LogP contribution in [0.15, 0.2) is 28.7 Å². The molecule has 0 radical (unpaired) electrons. The van der Waals surface area contributed by atoms with Crippen LogP contribution in [-0.2, 0) is 0 Å². The Morgan fingerprint density at radius 2 is 1.91 bits per heavy atom. The van der Waals surface area contributed by atoms with Gasteiger partial charge in [-0.25, -0.2) is 0 Å². The SMILES string of the molecule is CCO.Clc1ccccc1Br. The molecule has 0 heterocycles. The van der Waals surface area contributed by atoms with E-state index in [1.807, 2.05) is 24.3 Å². The van der Waals surface area contributed by atoms with E-state index in [4.69, 9.17) is 16.7 Å². The Morgan fingerprint density at radius 1 is 1.45 bits per heavy atom. The summed E-state index contributed by atoms with van der Waals surface area (Å²) in [7, 11) is 0. The number of aliphatic hydroxyl groups excluding tert-OH is 1. The molecule has 0 spiro atoms. The van der Waals surface area contributed by atoms with Gasteiger partial charge in [0.1, 0.15) is 0 Å². The van der Waals surface area contributed by atoms with Gasteiger partial charge >= 0.3 is 0 Å². The van der Waals surface area contributed by atoms with E-state index in [0.717, 1.165) is 9.50 Å². The molecule has 3 heteroatoms. The number of hydrogen-bond donors (Lipinski definition) is 1. The van der Waals surface area contributed by atoms with Crippen molar-refractivity contribution in [2.75, 3.05) is 6.61 Å². The van der Waals surface area contributed by atoms with Crippen LogP contribution in [0.5, 0.6) is 0 Å². The second-order valence-electron chi connectivity index (χ2n) is 1.73. The summed E-state index contributed by atoms with van der Waals surface area (Å²) in [5, 5.41) is 8.33. The first-order valence-corrected chi connectivity index (χ1v) is 4.40. The summed E-state index contributed by atoms with van der Waals surface area (Å²) in [5.74, 6) is 0. The van der Waals surface area contributed by atoms with Crippen LogP contribution >= 0.6 is 27.5 Å². The van der Waals surface area contributed by atoms with Gasteiger partial charge in [0.25, 0.3) is 0 Å². The van der Waals surface area contributed by atoms with Crippen molar-refractivity contribution in [1.82, 2.24) is 0 Å². The number of hydrogen-bond acceptors (Lipinski definition) is 1. The van der Waals surface area contributed by atoms with Gasteiger partial charge in [0.2, 0.25) is 0 Å². The van der Waals surface area contributed by atoms with Crippen molar-refractivity contribution < 1.29 is 5.11 Å². The summed E-state index contributed by atoms with van der Waals surface area (Å²) in [5.41, 5.74) is 0. The van der Waals surface area contributed by atoms with Crippen molar-refractivity contribution in [3.63, 3.8) is 0 Å². The molecule has 0 saturated carbocycles. The van der Waals surface area contributed by atoms with Gasteiger partial charge < -0.3 is 5.11 Å². The van der Waals surface area contributed by atoms with Crippen molar-refractivity contribution in [2.45, 2.75) is 6.92 Å². The lowest BCUT2D eigenvalue weighted by Crippen LogP contribution is -1.62. The maximum absolute atomic E-state index is 7.57. The average molecular weight is 238 g/mol. The zero-order chi connectivity index (χ0) is 8.69. The second-order valence-corrected chi connectivity index (χ2v) is 2.99. The first kappa shape index (κ1) is 11.0. The molecular weight excluding hydrogens is 227 g/mol. The molecule has 0 amide bonds. The van der Waals surface area contributed by atoms with Gasteiger partial charge in [0.05, 0.1) is 5.02 Å².